The Balaban J connectivity index is 5.17. The molecule has 0 fully saturated rings. The molecular formula is C75H142O17P2. The first-order valence-electron chi connectivity index (χ1n) is 38.5. The number of phosphoric acid groups is 2. The van der Waals surface area contributed by atoms with Crippen molar-refractivity contribution >= 4 is 39.5 Å². The Morgan fingerprint density at radius 3 is 0.872 bits per heavy atom. The minimum Gasteiger partial charge on any atom is -0.462 e. The van der Waals surface area contributed by atoms with E-state index in [-0.39, 0.29) is 25.7 Å². The molecule has 19 heteroatoms. The van der Waals surface area contributed by atoms with E-state index in [0.29, 0.717) is 31.6 Å². The van der Waals surface area contributed by atoms with Crippen LogP contribution in [-0.2, 0) is 65.4 Å². The molecule has 5 atom stereocenters. The topological polar surface area (TPSA) is 237 Å². The number of carbonyl (C=O) groups excluding carboxylic acids is 4. The molecular weight excluding hydrogens is 1230 g/mol. The fourth-order valence-corrected chi connectivity index (χ4v) is 12.6. The molecule has 0 saturated carbocycles. The van der Waals surface area contributed by atoms with Gasteiger partial charge in [-0.25, -0.2) is 9.13 Å². The highest BCUT2D eigenvalue weighted by Crippen LogP contribution is 2.45. The van der Waals surface area contributed by atoms with Crippen LogP contribution in [0, 0.1) is 5.92 Å². The second-order valence-corrected chi connectivity index (χ2v) is 29.7. The highest BCUT2D eigenvalue weighted by Gasteiger charge is 2.30. The van der Waals surface area contributed by atoms with E-state index in [4.69, 9.17) is 37.0 Å². The Morgan fingerprint density at radius 1 is 0.330 bits per heavy atom. The Morgan fingerprint density at radius 2 is 0.574 bits per heavy atom. The summed E-state index contributed by atoms with van der Waals surface area (Å²) in [6.45, 7) is 7.10. The minimum absolute atomic E-state index is 0.101. The monoisotopic (exact) mass is 1380 g/mol. The fourth-order valence-electron chi connectivity index (χ4n) is 11.0. The van der Waals surface area contributed by atoms with E-state index in [1.807, 2.05) is 0 Å². The van der Waals surface area contributed by atoms with Gasteiger partial charge in [0.2, 0.25) is 0 Å². The molecule has 0 bridgehead atoms. The summed E-state index contributed by atoms with van der Waals surface area (Å²) >= 11 is 0. The molecule has 0 aliphatic rings. The van der Waals surface area contributed by atoms with Crippen LogP contribution in [0.4, 0.5) is 0 Å². The molecule has 0 aromatic rings. The van der Waals surface area contributed by atoms with E-state index in [2.05, 4.69) is 58.9 Å². The quantitative estimate of drug-likeness (QED) is 0.0169. The van der Waals surface area contributed by atoms with Crippen LogP contribution in [0.1, 0.15) is 369 Å². The first-order chi connectivity index (χ1) is 45.5. The molecule has 0 rings (SSSR count). The number of phosphoric ester groups is 2. The number of allylic oxidation sites excluding steroid dienone is 4. The van der Waals surface area contributed by atoms with Gasteiger partial charge in [-0.2, -0.15) is 0 Å². The molecule has 0 amide bonds. The van der Waals surface area contributed by atoms with Crippen molar-refractivity contribution in [2.24, 2.45) is 5.92 Å². The Bertz CT molecular complexity index is 1900. The molecule has 3 N–H and O–H groups in total. The zero-order valence-corrected chi connectivity index (χ0v) is 62.4. The molecule has 0 aliphatic carbocycles. The number of esters is 4. The lowest BCUT2D eigenvalue weighted by atomic mass is 10.0. The summed E-state index contributed by atoms with van der Waals surface area (Å²) in [6, 6.07) is 0. The lowest BCUT2D eigenvalue weighted by Gasteiger charge is -2.21. The number of hydrogen-bond donors (Lipinski definition) is 3. The van der Waals surface area contributed by atoms with E-state index in [1.54, 1.807) is 0 Å². The zero-order valence-electron chi connectivity index (χ0n) is 60.6. The highest BCUT2D eigenvalue weighted by molar-refractivity contribution is 7.47. The molecule has 0 aromatic carbocycles. The summed E-state index contributed by atoms with van der Waals surface area (Å²) in [7, 11) is -9.91. The summed E-state index contributed by atoms with van der Waals surface area (Å²) in [6.07, 6.45) is 59.6. The summed E-state index contributed by atoms with van der Waals surface area (Å²) < 4.78 is 68.2. The first kappa shape index (κ1) is 91.5. The van der Waals surface area contributed by atoms with Crippen LogP contribution in [0.15, 0.2) is 24.3 Å². The van der Waals surface area contributed by atoms with Gasteiger partial charge in [0.1, 0.15) is 19.3 Å². The maximum Gasteiger partial charge on any atom is 0.472 e. The van der Waals surface area contributed by atoms with E-state index in [9.17, 15) is 43.2 Å². The van der Waals surface area contributed by atoms with Crippen molar-refractivity contribution in [1.29, 1.82) is 0 Å². The minimum atomic E-state index is -4.96. The number of aliphatic hydroxyl groups is 1. The van der Waals surface area contributed by atoms with Gasteiger partial charge in [0, 0.05) is 25.7 Å². The van der Waals surface area contributed by atoms with Crippen LogP contribution in [0.25, 0.3) is 0 Å². The van der Waals surface area contributed by atoms with Crippen molar-refractivity contribution in [3.8, 4) is 0 Å². The van der Waals surface area contributed by atoms with Gasteiger partial charge in [0.05, 0.1) is 26.4 Å². The molecule has 0 radical (unpaired) electrons. The Hall–Kier alpha value is -2.46. The summed E-state index contributed by atoms with van der Waals surface area (Å²) in [5.41, 5.74) is 0. The van der Waals surface area contributed by atoms with Crippen molar-refractivity contribution < 1.29 is 80.2 Å². The molecule has 17 nitrogen and oxygen atoms in total. The number of aliphatic hydroxyl groups excluding tert-OH is 1. The number of rotatable bonds is 73. The van der Waals surface area contributed by atoms with Crippen LogP contribution in [0.5, 0.6) is 0 Å². The largest absolute Gasteiger partial charge is 0.472 e. The van der Waals surface area contributed by atoms with E-state index in [1.165, 1.54) is 161 Å². The molecule has 2 unspecified atom stereocenters. The fraction of sp³-hybridized carbons (Fsp3) is 0.893. The predicted octanol–water partition coefficient (Wildman–Crippen LogP) is 21.6. The van der Waals surface area contributed by atoms with Gasteiger partial charge in [-0.3, -0.25) is 37.3 Å². The second-order valence-electron chi connectivity index (χ2n) is 26.8. The predicted molar refractivity (Wildman–Crippen MR) is 381 cm³/mol. The summed E-state index contributed by atoms with van der Waals surface area (Å²) in [5.74, 6) is -1.46. The number of hydrogen-bond acceptors (Lipinski definition) is 15. The van der Waals surface area contributed by atoms with E-state index in [0.717, 1.165) is 122 Å². The SMILES string of the molecule is CCCCCC/C=C\C=C/CCCCCCCC(=O)OC[C@H](COP(=O)(O)OC[C@@H](O)COP(=O)(O)OC[C@@H](COC(=O)CCCCCCCCC)OC(=O)CCCCCCCCCC(C)C)OC(=O)CCCCCCCCCCCCCCCCCCCCCCCC. The maximum atomic E-state index is 13.1. The van der Waals surface area contributed by atoms with Gasteiger partial charge in [-0.1, -0.05) is 316 Å². The van der Waals surface area contributed by atoms with Gasteiger partial charge in [0.25, 0.3) is 0 Å². The average Bonchev–Trinajstić information content (AvgIpc) is 3.24. The van der Waals surface area contributed by atoms with Crippen LogP contribution in [0.3, 0.4) is 0 Å². The highest BCUT2D eigenvalue weighted by atomic mass is 31.2. The lowest BCUT2D eigenvalue weighted by molar-refractivity contribution is -0.161. The van der Waals surface area contributed by atoms with E-state index < -0.39 is 97.5 Å². The summed E-state index contributed by atoms with van der Waals surface area (Å²) in [4.78, 5) is 72.5. The van der Waals surface area contributed by atoms with Crippen molar-refractivity contribution in [2.45, 2.75) is 387 Å². The summed E-state index contributed by atoms with van der Waals surface area (Å²) in [5, 5.41) is 10.6. The maximum absolute atomic E-state index is 13.1. The second kappa shape index (κ2) is 67.7. The Labute approximate surface area is 573 Å². The average molecular weight is 1380 g/mol. The van der Waals surface area contributed by atoms with Crippen molar-refractivity contribution in [3.63, 3.8) is 0 Å². The smallest absolute Gasteiger partial charge is 0.462 e. The molecule has 0 spiro atoms. The van der Waals surface area contributed by atoms with Crippen LogP contribution in [-0.4, -0.2) is 96.7 Å². The Kier molecular flexibility index (Phi) is 65.9. The van der Waals surface area contributed by atoms with Crippen molar-refractivity contribution in [1.82, 2.24) is 0 Å². The number of ether oxygens (including phenoxy) is 4. The van der Waals surface area contributed by atoms with Gasteiger partial charge < -0.3 is 33.8 Å². The third-order valence-corrected chi connectivity index (χ3v) is 18.8. The number of unbranched alkanes of at least 4 members (excludes halogenated alkanes) is 42. The lowest BCUT2D eigenvalue weighted by Crippen LogP contribution is -2.30. The van der Waals surface area contributed by atoms with Crippen LogP contribution >= 0.6 is 15.6 Å². The van der Waals surface area contributed by atoms with Crippen molar-refractivity contribution in [2.75, 3.05) is 39.6 Å². The molecule has 554 valence electrons. The van der Waals surface area contributed by atoms with Crippen LogP contribution < -0.4 is 0 Å². The zero-order chi connectivity index (χ0) is 69.1. The van der Waals surface area contributed by atoms with Gasteiger partial charge >= 0.3 is 39.5 Å². The van der Waals surface area contributed by atoms with Gasteiger partial charge in [0.15, 0.2) is 12.2 Å². The molecule has 0 aliphatic heterocycles. The first-order valence-corrected chi connectivity index (χ1v) is 41.4. The van der Waals surface area contributed by atoms with Gasteiger partial charge in [-0.15, -0.1) is 0 Å². The van der Waals surface area contributed by atoms with E-state index >= 15 is 0 Å². The standard InChI is InChI=1S/C75H142O17P2/c1-6-9-12-15-18-20-22-24-26-27-28-29-30-31-32-34-36-38-40-45-50-55-60-74(79)91-71(65-86-73(78)59-54-49-44-39-37-35-33-25-23-21-19-16-13-10-7-2)67-90-94(83,84)88-63-69(76)62-87-93(81,82)89-66-70(64-85-72(77)58-53-48-42-17-14-11-8-3)92-75(80)61-56-51-46-41-43-47-52-57-68(4)5/h21,23,25,33,68-71,76H,6-20,22,24,26-32,34-67H2,1-5H3,(H,81,82)(H,83,84)/b23-21-,33-25-/t69-,70+,71+/m0/s1. The molecule has 0 saturated heterocycles. The normalized spacial score (nSPS) is 14.1. The third-order valence-electron chi connectivity index (χ3n) is 16.9. The molecule has 94 heavy (non-hydrogen) atoms. The third kappa shape index (κ3) is 68.1. The number of carbonyl (C=O) groups is 4. The molecule has 0 heterocycles. The molecule has 0 aromatic heterocycles. The van der Waals surface area contributed by atoms with Gasteiger partial charge in [-0.05, 0) is 57.3 Å². The van der Waals surface area contributed by atoms with Crippen molar-refractivity contribution in [3.05, 3.63) is 24.3 Å². The van der Waals surface area contributed by atoms with Crippen LogP contribution in [0.2, 0.25) is 0 Å².